The minimum atomic E-state index is 0.381. The highest BCUT2D eigenvalue weighted by Crippen LogP contribution is 2.24. The van der Waals surface area contributed by atoms with Gasteiger partial charge in [-0.1, -0.05) is 0 Å². The van der Waals surface area contributed by atoms with E-state index in [0.717, 1.165) is 32.6 Å². The molecule has 0 saturated carbocycles. The molecule has 0 spiro atoms. The molecule has 1 aliphatic rings. The van der Waals surface area contributed by atoms with Crippen molar-refractivity contribution in [2.75, 3.05) is 19.6 Å². The van der Waals surface area contributed by atoms with Gasteiger partial charge in [-0.2, -0.15) is 0 Å². The zero-order chi connectivity index (χ0) is 11.5. The van der Waals surface area contributed by atoms with Crippen LogP contribution in [0.3, 0.4) is 0 Å². The molecule has 1 aromatic rings. The van der Waals surface area contributed by atoms with Gasteiger partial charge in [0.05, 0.1) is 10.7 Å². The van der Waals surface area contributed by atoms with Gasteiger partial charge >= 0.3 is 0 Å². The SMILES string of the molecule is Cc1nc2c(s1)CN(CCNC(N)=S)CC2. The number of nitrogens with zero attached hydrogens (tertiary/aromatic N) is 2. The second-order valence-corrected chi connectivity index (χ2v) is 5.65. The predicted molar refractivity (Wildman–Crippen MR) is 70.6 cm³/mol. The third-order valence-corrected chi connectivity index (χ3v) is 3.79. The fourth-order valence-electron chi connectivity index (χ4n) is 1.91. The summed E-state index contributed by atoms with van der Waals surface area (Å²) in [5.74, 6) is 0. The maximum atomic E-state index is 5.38. The number of hydrogen-bond acceptors (Lipinski definition) is 4. The maximum absolute atomic E-state index is 5.38. The molecule has 0 unspecified atom stereocenters. The third kappa shape index (κ3) is 2.90. The van der Waals surface area contributed by atoms with Gasteiger partial charge in [0, 0.05) is 37.5 Å². The first-order valence-electron chi connectivity index (χ1n) is 5.36. The van der Waals surface area contributed by atoms with E-state index in [2.05, 4.69) is 22.1 Å². The monoisotopic (exact) mass is 256 g/mol. The minimum Gasteiger partial charge on any atom is -0.376 e. The van der Waals surface area contributed by atoms with Crippen LogP contribution in [0.2, 0.25) is 0 Å². The Hall–Kier alpha value is -0.720. The van der Waals surface area contributed by atoms with E-state index in [-0.39, 0.29) is 0 Å². The van der Waals surface area contributed by atoms with Gasteiger partial charge in [-0.3, -0.25) is 4.90 Å². The molecule has 2 heterocycles. The summed E-state index contributed by atoms with van der Waals surface area (Å²) in [5.41, 5.74) is 6.67. The molecule has 0 aliphatic carbocycles. The first-order chi connectivity index (χ1) is 7.65. The van der Waals surface area contributed by atoms with Crippen LogP contribution in [-0.2, 0) is 13.0 Å². The molecule has 0 aromatic carbocycles. The molecular formula is C10H16N4S2. The second-order valence-electron chi connectivity index (χ2n) is 3.92. The topological polar surface area (TPSA) is 54.2 Å². The van der Waals surface area contributed by atoms with E-state index >= 15 is 0 Å². The highest BCUT2D eigenvalue weighted by molar-refractivity contribution is 7.80. The van der Waals surface area contributed by atoms with Gasteiger partial charge in [-0.25, -0.2) is 4.98 Å². The minimum absolute atomic E-state index is 0.381. The molecular weight excluding hydrogens is 240 g/mol. The van der Waals surface area contributed by atoms with Crippen LogP contribution in [0.1, 0.15) is 15.6 Å². The van der Waals surface area contributed by atoms with E-state index < -0.39 is 0 Å². The number of aromatic nitrogens is 1. The molecule has 0 saturated heterocycles. The fourth-order valence-corrected chi connectivity index (χ4v) is 3.03. The molecule has 0 atom stereocenters. The van der Waals surface area contributed by atoms with E-state index in [0.29, 0.717) is 5.11 Å². The molecule has 0 fully saturated rings. The molecule has 2 rings (SSSR count). The predicted octanol–water partition coefficient (Wildman–Crippen LogP) is 0.643. The summed E-state index contributed by atoms with van der Waals surface area (Å²) in [6.07, 6.45) is 1.06. The van der Waals surface area contributed by atoms with Crippen LogP contribution in [0, 0.1) is 6.92 Å². The molecule has 16 heavy (non-hydrogen) atoms. The second kappa shape index (κ2) is 5.07. The van der Waals surface area contributed by atoms with Crippen LogP contribution in [0.15, 0.2) is 0 Å². The molecule has 6 heteroatoms. The first-order valence-corrected chi connectivity index (χ1v) is 6.58. The van der Waals surface area contributed by atoms with Crippen molar-refractivity contribution in [2.45, 2.75) is 19.9 Å². The van der Waals surface area contributed by atoms with Gasteiger partial charge in [0.2, 0.25) is 0 Å². The van der Waals surface area contributed by atoms with Gasteiger partial charge in [0.15, 0.2) is 5.11 Å². The number of nitrogens with two attached hydrogens (primary N) is 1. The average Bonchev–Trinajstić information content (AvgIpc) is 2.56. The lowest BCUT2D eigenvalue weighted by atomic mass is 10.2. The zero-order valence-corrected chi connectivity index (χ0v) is 11.0. The normalized spacial score (nSPS) is 15.8. The molecule has 0 bridgehead atoms. The summed E-state index contributed by atoms with van der Waals surface area (Å²) >= 11 is 6.58. The number of nitrogens with one attached hydrogen (secondary N) is 1. The standard InChI is InChI=1S/C10H16N4S2/c1-7-13-8-2-4-14(6-9(8)16-7)5-3-12-10(11)15/h2-6H2,1H3,(H3,11,12,15). The molecule has 0 amide bonds. The lowest BCUT2D eigenvalue weighted by Gasteiger charge is -2.25. The van der Waals surface area contributed by atoms with Crippen molar-refractivity contribution in [2.24, 2.45) is 5.73 Å². The van der Waals surface area contributed by atoms with E-state index in [4.69, 9.17) is 18.0 Å². The van der Waals surface area contributed by atoms with Crippen LogP contribution >= 0.6 is 23.6 Å². The van der Waals surface area contributed by atoms with Crippen molar-refractivity contribution in [3.05, 3.63) is 15.6 Å². The first kappa shape index (κ1) is 11.8. The Balaban J connectivity index is 1.85. The van der Waals surface area contributed by atoms with Crippen molar-refractivity contribution < 1.29 is 0 Å². The number of rotatable bonds is 3. The Labute approximate surface area is 105 Å². The van der Waals surface area contributed by atoms with Crippen molar-refractivity contribution in [1.82, 2.24) is 15.2 Å². The summed E-state index contributed by atoms with van der Waals surface area (Å²) < 4.78 is 0. The molecule has 3 N–H and O–H groups in total. The molecule has 4 nitrogen and oxygen atoms in total. The van der Waals surface area contributed by atoms with Crippen molar-refractivity contribution in [3.8, 4) is 0 Å². The Morgan fingerprint density at radius 1 is 1.69 bits per heavy atom. The third-order valence-electron chi connectivity index (χ3n) is 2.64. The van der Waals surface area contributed by atoms with E-state index in [1.54, 1.807) is 0 Å². The largest absolute Gasteiger partial charge is 0.376 e. The van der Waals surface area contributed by atoms with Gasteiger partial charge in [-0.15, -0.1) is 11.3 Å². The van der Waals surface area contributed by atoms with Crippen LogP contribution in [0.25, 0.3) is 0 Å². The van der Waals surface area contributed by atoms with Crippen LogP contribution in [0.4, 0.5) is 0 Å². The number of thiocarbonyl (C=S) groups is 1. The van der Waals surface area contributed by atoms with E-state index in [1.165, 1.54) is 15.6 Å². The smallest absolute Gasteiger partial charge is 0.163 e. The number of aryl methyl sites for hydroxylation is 1. The maximum Gasteiger partial charge on any atom is 0.163 e. The lowest BCUT2D eigenvalue weighted by Crippen LogP contribution is -2.39. The van der Waals surface area contributed by atoms with Gasteiger partial charge in [0.25, 0.3) is 0 Å². The highest BCUT2D eigenvalue weighted by Gasteiger charge is 2.18. The fraction of sp³-hybridized carbons (Fsp3) is 0.600. The lowest BCUT2D eigenvalue weighted by molar-refractivity contribution is 0.260. The number of thiazole rings is 1. The van der Waals surface area contributed by atoms with Gasteiger partial charge in [-0.05, 0) is 19.1 Å². The van der Waals surface area contributed by atoms with Gasteiger partial charge in [0.1, 0.15) is 0 Å². The van der Waals surface area contributed by atoms with Crippen molar-refractivity contribution >= 4 is 28.7 Å². The molecule has 0 radical (unpaired) electrons. The molecule has 88 valence electrons. The summed E-state index contributed by atoms with van der Waals surface area (Å²) in [7, 11) is 0. The van der Waals surface area contributed by atoms with Crippen LogP contribution < -0.4 is 11.1 Å². The van der Waals surface area contributed by atoms with Crippen molar-refractivity contribution in [1.29, 1.82) is 0 Å². The number of fused-ring (bicyclic) bond motifs is 1. The summed E-state index contributed by atoms with van der Waals surface area (Å²) in [6.45, 7) is 5.97. The van der Waals surface area contributed by atoms with E-state index in [9.17, 15) is 0 Å². The number of hydrogen-bond donors (Lipinski definition) is 2. The van der Waals surface area contributed by atoms with Crippen molar-refractivity contribution in [3.63, 3.8) is 0 Å². The summed E-state index contributed by atoms with van der Waals surface area (Å²) in [5, 5.41) is 4.53. The average molecular weight is 256 g/mol. The van der Waals surface area contributed by atoms with E-state index in [1.807, 2.05) is 11.3 Å². The highest BCUT2D eigenvalue weighted by atomic mass is 32.1. The molecule has 1 aromatic heterocycles. The quantitative estimate of drug-likeness (QED) is 0.778. The Morgan fingerprint density at radius 3 is 3.25 bits per heavy atom. The Bertz CT molecular complexity index is 388. The van der Waals surface area contributed by atoms with Crippen LogP contribution in [0.5, 0.6) is 0 Å². The Kier molecular flexibility index (Phi) is 3.73. The zero-order valence-electron chi connectivity index (χ0n) is 9.32. The molecule has 1 aliphatic heterocycles. The van der Waals surface area contributed by atoms with Gasteiger partial charge < -0.3 is 11.1 Å². The summed E-state index contributed by atoms with van der Waals surface area (Å²) in [4.78, 5) is 8.35. The Morgan fingerprint density at radius 2 is 2.50 bits per heavy atom. The summed E-state index contributed by atoms with van der Waals surface area (Å²) in [6, 6.07) is 0. The van der Waals surface area contributed by atoms with Crippen LogP contribution in [-0.4, -0.2) is 34.6 Å².